The van der Waals surface area contributed by atoms with Crippen molar-refractivity contribution in [1.82, 2.24) is 4.90 Å². The fraction of sp³-hybridized carbons (Fsp3) is 0.429. The SMILES string of the molecule is COc1cc(F)ccc1CN1CCC(Cc2ccc(OC)c(OC)c2)C1. The van der Waals surface area contributed by atoms with Crippen LogP contribution < -0.4 is 14.2 Å². The summed E-state index contributed by atoms with van der Waals surface area (Å²) in [6.45, 7) is 2.85. The van der Waals surface area contributed by atoms with E-state index in [0.717, 1.165) is 49.5 Å². The van der Waals surface area contributed by atoms with Gasteiger partial charge in [-0.05, 0) is 49.1 Å². The van der Waals surface area contributed by atoms with Gasteiger partial charge in [0.05, 0.1) is 21.3 Å². The number of nitrogens with zero attached hydrogens (tertiary/aromatic N) is 1. The number of ether oxygens (including phenoxy) is 3. The lowest BCUT2D eigenvalue weighted by molar-refractivity contribution is 0.307. The average molecular weight is 359 g/mol. The zero-order chi connectivity index (χ0) is 18.5. The molecule has 0 bridgehead atoms. The lowest BCUT2D eigenvalue weighted by Crippen LogP contribution is -2.21. The second-order valence-electron chi connectivity index (χ2n) is 6.74. The van der Waals surface area contributed by atoms with Crippen LogP contribution in [0.3, 0.4) is 0 Å². The van der Waals surface area contributed by atoms with Crippen molar-refractivity contribution in [2.24, 2.45) is 5.92 Å². The molecule has 0 radical (unpaired) electrons. The second-order valence-corrected chi connectivity index (χ2v) is 6.74. The zero-order valence-electron chi connectivity index (χ0n) is 15.6. The number of rotatable bonds is 7. The minimum Gasteiger partial charge on any atom is -0.496 e. The van der Waals surface area contributed by atoms with E-state index in [1.54, 1.807) is 21.3 Å². The number of methoxy groups -OCH3 is 3. The standard InChI is InChI=1S/C21H26FNO3/c1-24-19-7-4-15(11-21(19)26-3)10-16-8-9-23(13-16)14-17-5-6-18(22)12-20(17)25-2/h4-7,11-12,16H,8-10,13-14H2,1-3H3. The highest BCUT2D eigenvalue weighted by Crippen LogP contribution is 2.31. The molecule has 5 heteroatoms. The maximum atomic E-state index is 13.4. The zero-order valence-corrected chi connectivity index (χ0v) is 15.6. The van der Waals surface area contributed by atoms with Crippen LogP contribution in [0.2, 0.25) is 0 Å². The summed E-state index contributed by atoms with van der Waals surface area (Å²) in [5.41, 5.74) is 2.29. The molecule has 1 aliphatic heterocycles. The van der Waals surface area contributed by atoms with Crippen molar-refractivity contribution >= 4 is 0 Å². The Labute approximate surface area is 154 Å². The molecule has 4 nitrogen and oxygen atoms in total. The van der Waals surface area contributed by atoms with Gasteiger partial charge in [0.15, 0.2) is 11.5 Å². The van der Waals surface area contributed by atoms with Crippen LogP contribution in [0, 0.1) is 11.7 Å². The molecule has 1 saturated heterocycles. The van der Waals surface area contributed by atoms with Gasteiger partial charge >= 0.3 is 0 Å². The Kier molecular flexibility index (Phi) is 5.99. The molecule has 26 heavy (non-hydrogen) atoms. The fourth-order valence-electron chi connectivity index (χ4n) is 3.65. The smallest absolute Gasteiger partial charge is 0.160 e. The van der Waals surface area contributed by atoms with Crippen LogP contribution in [0.15, 0.2) is 36.4 Å². The predicted octanol–water partition coefficient (Wildman–Crippen LogP) is 3.92. The van der Waals surface area contributed by atoms with E-state index in [1.807, 2.05) is 12.1 Å². The van der Waals surface area contributed by atoms with Gasteiger partial charge in [-0.1, -0.05) is 12.1 Å². The largest absolute Gasteiger partial charge is 0.496 e. The first-order valence-corrected chi connectivity index (χ1v) is 8.88. The number of benzene rings is 2. The predicted molar refractivity (Wildman–Crippen MR) is 99.6 cm³/mol. The van der Waals surface area contributed by atoms with E-state index >= 15 is 0 Å². The fourth-order valence-corrected chi connectivity index (χ4v) is 3.65. The van der Waals surface area contributed by atoms with Crippen LogP contribution in [-0.4, -0.2) is 39.3 Å². The first-order valence-electron chi connectivity index (χ1n) is 8.88. The van der Waals surface area contributed by atoms with Crippen LogP contribution >= 0.6 is 0 Å². The molecule has 140 valence electrons. The van der Waals surface area contributed by atoms with Crippen molar-refractivity contribution in [2.45, 2.75) is 19.4 Å². The minimum absolute atomic E-state index is 0.265. The molecule has 1 atom stereocenters. The van der Waals surface area contributed by atoms with E-state index in [0.29, 0.717) is 11.7 Å². The number of likely N-dealkylation sites (tertiary alicyclic amines) is 1. The molecule has 0 aliphatic carbocycles. The molecule has 0 N–H and O–H groups in total. The monoisotopic (exact) mass is 359 g/mol. The maximum Gasteiger partial charge on any atom is 0.160 e. The van der Waals surface area contributed by atoms with Crippen molar-refractivity contribution in [1.29, 1.82) is 0 Å². The molecule has 1 aliphatic rings. The summed E-state index contributed by atoms with van der Waals surface area (Å²) in [6, 6.07) is 10.9. The third-order valence-corrected chi connectivity index (χ3v) is 4.99. The molecule has 2 aromatic rings. The Morgan fingerprint density at radius 1 is 0.962 bits per heavy atom. The molecule has 1 unspecified atom stereocenters. The van der Waals surface area contributed by atoms with Crippen molar-refractivity contribution in [3.63, 3.8) is 0 Å². The Balaban J connectivity index is 1.61. The Morgan fingerprint density at radius 2 is 1.73 bits per heavy atom. The molecular formula is C21H26FNO3. The molecule has 1 fully saturated rings. The normalized spacial score (nSPS) is 17.3. The molecule has 0 spiro atoms. The highest BCUT2D eigenvalue weighted by Gasteiger charge is 2.24. The molecule has 0 saturated carbocycles. The Bertz CT molecular complexity index is 750. The van der Waals surface area contributed by atoms with E-state index < -0.39 is 0 Å². The van der Waals surface area contributed by atoms with Gasteiger partial charge in [0, 0.05) is 24.7 Å². The maximum absolute atomic E-state index is 13.4. The van der Waals surface area contributed by atoms with Crippen LogP contribution in [0.1, 0.15) is 17.5 Å². The molecular weight excluding hydrogens is 333 g/mol. The summed E-state index contributed by atoms with van der Waals surface area (Å²) in [4.78, 5) is 2.40. The lowest BCUT2D eigenvalue weighted by Gasteiger charge is -2.18. The summed E-state index contributed by atoms with van der Waals surface area (Å²) < 4.78 is 29.4. The number of hydrogen-bond donors (Lipinski definition) is 0. The highest BCUT2D eigenvalue weighted by atomic mass is 19.1. The summed E-state index contributed by atoms with van der Waals surface area (Å²) >= 11 is 0. The summed E-state index contributed by atoms with van der Waals surface area (Å²) in [7, 11) is 4.90. The quantitative estimate of drug-likeness (QED) is 0.750. The van der Waals surface area contributed by atoms with Crippen LogP contribution in [0.4, 0.5) is 4.39 Å². The molecule has 0 aromatic heterocycles. The van der Waals surface area contributed by atoms with E-state index in [4.69, 9.17) is 14.2 Å². The van der Waals surface area contributed by atoms with Gasteiger partial charge in [-0.25, -0.2) is 4.39 Å². The minimum atomic E-state index is -0.265. The van der Waals surface area contributed by atoms with E-state index in [2.05, 4.69) is 17.0 Å². The summed E-state index contributed by atoms with van der Waals surface area (Å²) in [5, 5.41) is 0. The van der Waals surface area contributed by atoms with Gasteiger partial charge in [-0.15, -0.1) is 0 Å². The Morgan fingerprint density at radius 3 is 2.46 bits per heavy atom. The number of halogens is 1. The topological polar surface area (TPSA) is 30.9 Å². The van der Waals surface area contributed by atoms with Crippen LogP contribution in [0.25, 0.3) is 0 Å². The molecule has 0 amide bonds. The van der Waals surface area contributed by atoms with Gasteiger partial charge in [0.25, 0.3) is 0 Å². The first-order chi connectivity index (χ1) is 12.6. The van der Waals surface area contributed by atoms with Gasteiger partial charge < -0.3 is 14.2 Å². The average Bonchev–Trinajstić information content (AvgIpc) is 3.09. The van der Waals surface area contributed by atoms with Gasteiger partial charge in [-0.2, -0.15) is 0 Å². The summed E-state index contributed by atoms with van der Waals surface area (Å²) in [6.07, 6.45) is 2.16. The lowest BCUT2D eigenvalue weighted by atomic mass is 9.98. The van der Waals surface area contributed by atoms with Gasteiger partial charge in [0.2, 0.25) is 0 Å². The van der Waals surface area contributed by atoms with Crippen LogP contribution in [0.5, 0.6) is 17.2 Å². The third kappa shape index (κ3) is 4.28. The highest BCUT2D eigenvalue weighted by molar-refractivity contribution is 5.43. The molecule has 1 heterocycles. The molecule has 2 aromatic carbocycles. The molecule has 3 rings (SSSR count). The second kappa shape index (κ2) is 8.41. The summed E-state index contributed by atoms with van der Waals surface area (Å²) in [5.74, 6) is 2.48. The number of hydrogen-bond acceptors (Lipinski definition) is 4. The van der Waals surface area contributed by atoms with E-state index in [1.165, 1.54) is 17.7 Å². The first kappa shape index (κ1) is 18.5. The van der Waals surface area contributed by atoms with E-state index in [-0.39, 0.29) is 5.82 Å². The third-order valence-electron chi connectivity index (χ3n) is 4.99. The van der Waals surface area contributed by atoms with Crippen molar-refractivity contribution in [3.8, 4) is 17.2 Å². The van der Waals surface area contributed by atoms with E-state index in [9.17, 15) is 4.39 Å². The van der Waals surface area contributed by atoms with Crippen molar-refractivity contribution in [3.05, 3.63) is 53.3 Å². The van der Waals surface area contributed by atoms with Crippen molar-refractivity contribution < 1.29 is 18.6 Å². The van der Waals surface area contributed by atoms with Gasteiger partial charge in [-0.3, -0.25) is 4.90 Å². The van der Waals surface area contributed by atoms with Crippen molar-refractivity contribution in [2.75, 3.05) is 34.4 Å². The van der Waals surface area contributed by atoms with Gasteiger partial charge in [0.1, 0.15) is 11.6 Å². The van der Waals surface area contributed by atoms with Crippen LogP contribution in [-0.2, 0) is 13.0 Å². The Hall–Kier alpha value is -2.27.